The van der Waals surface area contributed by atoms with Gasteiger partial charge < -0.3 is 10.1 Å². The van der Waals surface area contributed by atoms with Crippen LogP contribution in [0.5, 0.6) is 0 Å². The van der Waals surface area contributed by atoms with Crippen LogP contribution in [0.25, 0.3) is 16.7 Å². The van der Waals surface area contributed by atoms with Crippen molar-refractivity contribution in [1.29, 1.82) is 0 Å². The molecule has 0 aliphatic heterocycles. The molecule has 32 heavy (non-hydrogen) atoms. The maximum absolute atomic E-state index is 13.1. The third kappa shape index (κ3) is 4.39. The van der Waals surface area contributed by atoms with Crippen molar-refractivity contribution in [3.8, 4) is 0 Å². The van der Waals surface area contributed by atoms with Gasteiger partial charge >= 0.3 is 0 Å². The van der Waals surface area contributed by atoms with Crippen molar-refractivity contribution in [2.75, 3.05) is 19.0 Å². The molecule has 1 unspecified atom stereocenters. The van der Waals surface area contributed by atoms with Gasteiger partial charge in [-0.1, -0.05) is 36.0 Å². The van der Waals surface area contributed by atoms with Crippen molar-refractivity contribution < 1.29 is 9.53 Å². The Kier molecular flexibility index (Phi) is 6.57. The van der Waals surface area contributed by atoms with E-state index < -0.39 is 5.25 Å². The number of nitrogens with zero attached hydrogens (tertiary/aromatic N) is 4. The zero-order valence-corrected chi connectivity index (χ0v) is 19.1. The summed E-state index contributed by atoms with van der Waals surface area (Å²) in [4.78, 5) is 25.9. The molecule has 2 heterocycles. The molecular weight excluding hydrogens is 426 g/mol. The molecule has 0 aliphatic carbocycles. The number of nitrogens with one attached hydrogen (secondary N) is 1. The number of ether oxygens (including phenoxy) is 1. The quantitative estimate of drug-likeness (QED) is 0.326. The molecule has 0 bridgehead atoms. The van der Waals surface area contributed by atoms with Crippen LogP contribution in [0.3, 0.4) is 0 Å². The topological polar surface area (TPSA) is 90.5 Å². The van der Waals surface area contributed by atoms with Crippen LogP contribution in [-0.2, 0) is 16.1 Å². The number of rotatable bonds is 8. The Balaban J connectivity index is 1.68. The van der Waals surface area contributed by atoms with E-state index in [1.54, 1.807) is 17.7 Å². The number of para-hydroxylation sites is 1. The lowest BCUT2D eigenvalue weighted by Gasteiger charge is -2.13. The minimum atomic E-state index is -0.421. The summed E-state index contributed by atoms with van der Waals surface area (Å²) in [5, 5.41) is 12.3. The fourth-order valence-electron chi connectivity index (χ4n) is 3.56. The Hall–Kier alpha value is -3.17. The molecule has 9 heteroatoms. The van der Waals surface area contributed by atoms with Gasteiger partial charge in [-0.15, -0.1) is 10.2 Å². The van der Waals surface area contributed by atoms with Crippen LogP contribution in [0.1, 0.15) is 18.9 Å². The molecule has 8 nitrogen and oxygen atoms in total. The first-order valence-electron chi connectivity index (χ1n) is 10.4. The van der Waals surface area contributed by atoms with E-state index in [1.165, 1.54) is 11.8 Å². The Bertz CT molecular complexity index is 1330. The molecule has 0 radical (unpaired) electrons. The van der Waals surface area contributed by atoms with Gasteiger partial charge in [0.05, 0.1) is 16.2 Å². The number of anilines is 1. The second-order valence-electron chi connectivity index (χ2n) is 7.56. The number of thioether (sulfide) groups is 1. The lowest BCUT2D eigenvalue weighted by Crippen LogP contribution is -2.24. The van der Waals surface area contributed by atoms with Crippen molar-refractivity contribution in [1.82, 2.24) is 19.2 Å². The van der Waals surface area contributed by atoms with Crippen LogP contribution in [0.4, 0.5) is 5.69 Å². The number of hydrogen-bond acceptors (Lipinski definition) is 6. The summed E-state index contributed by atoms with van der Waals surface area (Å²) in [7, 11) is 1.63. The maximum atomic E-state index is 13.1. The number of carbonyl (C=O) groups is 1. The van der Waals surface area contributed by atoms with E-state index in [-0.39, 0.29) is 11.5 Å². The molecule has 0 saturated carbocycles. The number of aryl methyl sites for hydroxylation is 2. The first-order valence-corrected chi connectivity index (χ1v) is 11.3. The Morgan fingerprint density at radius 2 is 2.00 bits per heavy atom. The lowest BCUT2D eigenvalue weighted by molar-refractivity contribution is -0.115. The average Bonchev–Trinajstić information content (AvgIpc) is 3.19. The van der Waals surface area contributed by atoms with Crippen LogP contribution >= 0.6 is 11.8 Å². The molecule has 4 rings (SSSR count). The maximum Gasteiger partial charge on any atom is 0.262 e. The predicted octanol–water partition coefficient (Wildman–Crippen LogP) is 3.51. The molecule has 0 spiro atoms. The zero-order valence-electron chi connectivity index (χ0n) is 18.2. The number of aromatic nitrogens is 4. The molecule has 1 amide bonds. The number of fused-ring (bicyclic) bond motifs is 3. The molecule has 2 aromatic heterocycles. The molecule has 1 N–H and O–H groups in total. The Labute approximate surface area is 189 Å². The largest absolute Gasteiger partial charge is 0.385 e. The van der Waals surface area contributed by atoms with E-state index in [1.807, 2.05) is 60.7 Å². The van der Waals surface area contributed by atoms with E-state index >= 15 is 0 Å². The van der Waals surface area contributed by atoms with E-state index in [9.17, 15) is 9.59 Å². The first-order chi connectivity index (χ1) is 15.5. The summed E-state index contributed by atoms with van der Waals surface area (Å²) in [5.74, 6) is 0.327. The van der Waals surface area contributed by atoms with Gasteiger partial charge in [-0.25, -0.2) is 0 Å². The van der Waals surface area contributed by atoms with Gasteiger partial charge in [-0.3, -0.25) is 18.6 Å². The summed E-state index contributed by atoms with van der Waals surface area (Å²) >= 11 is 1.31. The van der Waals surface area contributed by atoms with Crippen molar-refractivity contribution in [3.05, 3.63) is 64.4 Å². The van der Waals surface area contributed by atoms with Gasteiger partial charge in [-0.05, 0) is 50.1 Å². The van der Waals surface area contributed by atoms with E-state index in [0.717, 1.165) is 11.3 Å². The van der Waals surface area contributed by atoms with Gasteiger partial charge in [0.15, 0.2) is 5.16 Å². The number of carbonyl (C=O) groups excluding carboxylic acids is 1. The van der Waals surface area contributed by atoms with Crippen LogP contribution in [0.2, 0.25) is 0 Å². The van der Waals surface area contributed by atoms with Gasteiger partial charge in [0.2, 0.25) is 11.7 Å². The van der Waals surface area contributed by atoms with Crippen LogP contribution < -0.4 is 10.9 Å². The lowest BCUT2D eigenvalue weighted by atomic mass is 10.2. The minimum absolute atomic E-state index is 0.113. The average molecular weight is 452 g/mol. The highest BCUT2D eigenvalue weighted by molar-refractivity contribution is 8.00. The highest BCUT2D eigenvalue weighted by atomic mass is 32.2. The minimum Gasteiger partial charge on any atom is -0.385 e. The Morgan fingerprint density at radius 1 is 1.19 bits per heavy atom. The van der Waals surface area contributed by atoms with E-state index in [0.29, 0.717) is 41.4 Å². The second-order valence-corrected chi connectivity index (χ2v) is 8.87. The number of methoxy groups -OCH3 is 1. The fourth-order valence-corrected chi connectivity index (χ4v) is 4.41. The monoisotopic (exact) mass is 451 g/mol. The Morgan fingerprint density at radius 3 is 2.78 bits per heavy atom. The molecule has 0 fully saturated rings. The van der Waals surface area contributed by atoms with Crippen molar-refractivity contribution >= 4 is 40.0 Å². The normalized spacial score (nSPS) is 12.3. The summed E-state index contributed by atoms with van der Waals surface area (Å²) in [6.07, 6.45) is 0.676. The smallest absolute Gasteiger partial charge is 0.262 e. The molecular formula is C23H25N5O3S. The van der Waals surface area contributed by atoms with Gasteiger partial charge in [0.1, 0.15) is 0 Å². The molecule has 0 aliphatic rings. The number of amides is 1. The third-order valence-corrected chi connectivity index (χ3v) is 6.19. The molecule has 2 aromatic carbocycles. The van der Waals surface area contributed by atoms with Crippen LogP contribution in [-0.4, -0.2) is 44.0 Å². The van der Waals surface area contributed by atoms with Crippen LogP contribution in [0, 0.1) is 6.92 Å². The molecule has 166 valence electrons. The van der Waals surface area contributed by atoms with Crippen molar-refractivity contribution in [2.45, 2.75) is 37.2 Å². The van der Waals surface area contributed by atoms with E-state index in [4.69, 9.17) is 4.74 Å². The zero-order chi connectivity index (χ0) is 22.7. The third-order valence-electron chi connectivity index (χ3n) is 5.15. The standard InChI is InChI=1S/C23H25N5O3S/c1-15-8-6-9-17(14-15)24-20(29)16(2)32-23-26-25-22-27(12-7-13-31-3)21(30)18-10-4-5-11-19(18)28(22)23/h4-6,8-11,14,16H,7,12-13H2,1-3H3,(H,24,29). The SMILES string of the molecule is COCCCn1c(=O)c2ccccc2n2c(SC(C)C(=O)Nc3cccc(C)c3)nnc12. The van der Waals surface area contributed by atoms with Gasteiger partial charge in [0, 0.05) is 25.9 Å². The summed E-state index contributed by atoms with van der Waals surface area (Å²) in [6.45, 7) is 4.81. The summed E-state index contributed by atoms with van der Waals surface area (Å²) in [6, 6.07) is 15.1. The highest BCUT2D eigenvalue weighted by Crippen LogP contribution is 2.26. The van der Waals surface area contributed by atoms with E-state index in [2.05, 4.69) is 15.5 Å². The van der Waals surface area contributed by atoms with Crippen molar-refractivity contribution in [3.63, 3.8) is 0 Å². The fraction of sp³-hybridized carbons (Fsp3) is 0.304. The summed E-state index contributed by atoms with van der Waals surface area (Å²) < 4.78 is 8.61. The highest BCUT2D eigenvalue weighted by Gasteiger charge is 2.21. The molecule has 0 saturated heterocycles. The second kappa shape index (κ2) is 9.54. The van der Waals surface area contributed by atoms with Crippen molar-refractivity contribution in [2.24, 2.45) is 0 Å². The van der Waals surface area contributed by atoms with Gasteiger partial charge in [0.25, 0.3) is 5.56 Å². The molecule has 1 atom stereocenters. The first kappa shape index (κ1) is 22.0. The number of benzene rings is 2. The predicted molar refractivity (Wildman–Crippen MR) is 126 cm³/mol. The summed E-state index contributed by atoms with van der Waals surface area (Å²) in [5.41, 5.74) is 2.43. The molecule has 4 aromatic rings. The van der Waals surface area contributed by atoms with Gasteiger partial charge in [-0.2, -0.15) is 0 Å². The van der Waals surface area contributed by atoms with Crippen LogP contribution in [0.15, 0.2) is 58.5 Å². The number of hydrogen-bond donors (Lipinski definition) is 1.